The van der Waals surface area contributed by atoms with Crippen molar-refractivity contribution < 1.29 is 14.3 Å². The van der Waals surface area contributed by atoms with Crippen LogP contribution in [0.1, 0.15) is 30.0 Å². The summed E-state index contributed by atoms with van der Waals surface area (Å²) >= 11 is 5.87. The highest BCUT2D eigenvalue weighted by atomic mass is 79.9. The minimum atomic E-state index is -0.493. The van der Waals surface area contributed by atoms with Crippen LogP contribution in [0.3, 0.4) is 0 Å². The van der Waals surface area contributed by atoms with Crippen LogP contribution >= 0.6 is 38.6 Å². The first kappa shape index (κ1) is 14.4. The summed E-state index contributed by atoms with van der Waals surface area (Å²) in [6.07, 6.45) is 0. The molecule has 0 aliphatic heterocycles. The number of hydrogen-bond donors (Lipinski definition) is 0. The number of carbonyl (C=O) groups is 2. The lowest BCUT2D eigenvalue weighted by molar-refractivity contribution is 0.0479. The number of aryl methyl sites for hydroxylation is 2. The van der Waals surface area contributed by atoms with Crippen molar-refractivity contribution in [2.75, 3.05) is 6.61 Å². The molecule has 2 aromatic heterocycles. The van der Waals surface area contributed by atoms with Gasteiger partial charge in [0.15, 0.2) is 6.61 Å². The molecule has 0 bridgehead atoms. The van der Waals surface area contributed by atoms with Crippen molar-refractivity contribution >= 4 is 50.4 Å². The first-order valence-corrected chi connectivity index (χ1v) is 7.79. The molecular formula is C12H10BrNO3S2. The molecule has 0 atom stereocenters. The molecule has 0 aliphatic carbocycles. The van der Waals surface area contributed by atoms with Gasteiger partial charge in [0.2, 0.25) is 5.78 Å². The molecule has 100 valence electrons. The van der Waals surface area contributed by atoms with Crippen LogP contribution in [0, 0.1) is 13.8 Å². The fourth-order valence-corrected chi connectivity index (χ4v) is 3.58. The maximum Gasteiger partial charge on any atom is 0.350 e. The molecule has 2 heterocycles. The van der Waals surface area contributed by atoms with E-state index in [1.54, 1.807) is 19.1 Å². The molecule has 2 aromatic rings. The second kappa shape index (κ2) is 5.94. The molecule has 19 heavy (non-hydrogen) atoms. The third kappa shape index (κ3) is 3.49. The molecule has 4 nitrogen and oxygen atoms in total. The van der Waals surface area contributed by atoms with E-state index in [1.165, 1.54) is 22.7 Å². The average Bonchev–Trinajstić information content (AvgIpc) is 2.92. The second-order valence-corrected chi connectivity index (χ2v) is 7.42. The topological polar surface area (TPSA) is 56.3 Å². The Morgan fingerprint density at radius 1 is 1.32 bits per heavy atom. The Morgan fingerprint density at radius 2 is 2.05 bits per heavy atom. The van der Waals surface area contributed by atoms with Crippen molar-refractivity contribution in [3.05, 3.63) is 36.4 Å². The van der Waals surface area contributed by atoms with Gasteiger partial charge in [-0.2, -0.15) is 0 Å². The van der Waals surface area contributed by atoms with Crippen molar-refractivity contribution in [2.24, 2.45) is 0 Å². The Hall–Kier alpha value is -1.05. The number of halogens is 1. The van der Waals surface area contributed by atoms with Crippen LogP contribution in [0.15, 0.2) is 15.9 Å². The maximum atomic E-state index is 11.8. The number of thiophene rings is 1. The van der Waals surface area contributed by atoms with Gasteiger partial charge in [0.05, 0.1) is 19.4 Å². The Morgan fingerprint density at radius 3 is 2.58 bits per heavy atom. The Labute approximate surface area is 126 Å². The van der Waals surface area contributed by atoms with Crippen LogP contribution in [0.4, 0.5) is 0 Å². The van der Waals surface area contributed by atoms with Gasteiger partial charge in [-0.15, -0.1) is 22.7 Å². The van der Waals surface area contributed by atoms with Crippen molar-refractivity contribution in [2.45, 2.75) is 13.8 Å². The number of carbonyl (C=O) groups excluding carboxylic acids is 2. The van der Waals surface area contributed by atoms with Gasteiger partial charge < -0.3 is 4.74 Å². The number of hydrogen-bond acceptors (Lipinski definition) is 6. The van der Waals surface area contributed by atoms with E-state index in [9.17, 15) is 9.59 Å². The van der Waals surface area contributed by atoms with Crippen LogP contribution in [0.2, 0.25) is 0 Å². The third-order valence-corrected chi connectivity index (χ3v) is 4.99. The molecule has 7 heteroatoms. The van der Waals surface area contributed by atoms with E-state index in [-0.39, 0.29) is 12.4 Å². The lowest BCUT2D eigenvalue weighted by Gasteiger charge is -2.01. The first-order chi connectivity index (χ1) is 8.97. The van der Waals surface area contributed by atoms with Crippen molar-refractivity contribution in [1.82, 2.24) is 4.98 Å². The minimum Gasteiger partial charge on any atom is -0.453 e. The smallest absolute Gasteiger partial charge is 0.350 e. The van der Waals surface area contributed by atoms with Gasteiger partial charge in [0.1, 0.15) is 4.88 Å². The minimum absolute atomic E-state index is 0.206. The summed E-state index contributed by atoms with van der Waals surface area (Å²) < 4.78 is 5.89. The standard InChI is InChI=1S/C12H10BrNO3S2/c1-6-11(18-7(2)14-6)12(16)17-5-8(15)9-3-4-10(13)19-9/h3-4H,5H2,1-2H3. The molecule has 0 saturated heterocycles. The molecule has 0 aliphatic rings. The SMILES string of the molecule is Cc1nc(C)c(C(=O)OCC(=O)c2ccc(Br)s2)s1. The van der Waals surface area contributed by atoms with Gasteiger partial charge in [0, 0.05) is 0 Å². The maximum absolute atomic E-state index is 11.8. The number of rotatable bonds is 4. The Kier molecular flexibility index (Phi) is 4.49. The molecule has 0 N–H and O–H groups in total. The van der Waals surface area contributed by atoms with E-state index < -0.39 is 5.97 Å². The van der Waals surface area contributed by atoms with E-state index in [1.807, 2.05) is 6.92 Å². The fourth-order valence-electron chi connectivity index (χ4n) is 1.45. The largest absolute Gasteiger partial charge is 0.453 e. The normalized spacial score (nSPS) is 10.5. The molecule has 0 aromatic carbocycles. The zero-order valence-electron chi connectivity index (χ0n) is 10.2. The molecule has 0 amide bonds. The number of aromatic nitrogens is 1. The van der Waals surface area contributed by atoms with E-state index in [0.29, 0.717) is 15.4 Å². The zero-order valence-corrected chi connectivity index (χ0v) is 13.4. The Bertz CT molecular complexity index is 633. The average molecular weight is 360 g/mol. The summed E-state index contributed by atoms with van der Waals surface area (Å²) in [6, 6.07) is 3.49. The van der Waals surface area contributed by atoms with Crippen LogP contribution in [0.25, 0.3) is 0 Å². The molecule has 0 radical (unpaired) electrons. The van der Waals surface area contributed by atoms with E-state index >= 15 is 0 Å². The summed E-state index contributed by atoms with van der Waals surface area (Å²) in [6.45, 7) is 3.32. The van der Waals surface area contributed by atoms with E-state index in [2.05, 4.69) is 20.9 Å². The second-order valence-electron chi connectivity index (χ2n) is 3.75. The highest BCUT2D eigenvalue weighted by molar-refractivity contribution is 9.11. The van der Waals surface area contributed by atoms with Gasteiger partial charge in [-0.3, -0.25) is 4.79 Å². The van der Waals surface area contributed by atoms with Gasteiger partial charge >= 0.3 is 5.97 Å². The van der Waals surface area contributed by atoms with Crippen molar-refractivity contribution in [3.8, 4) is 0 Å². The predicted molar refractivity (Wildman–Crippen MR) is 78.2 cm³/mol. The number of ether oxygens (including phenoxy) is 1. The van der Waals surface area contributed by atoms with Crippen LogP contribution in [-0.4, -0.2) is 23.3 Å². The first-order valence-electron chi connectivity index (χ1n) is 5.37. The number of Topliss-reactive ketones (excluding diaryl/α,β-unsaturated/α-hetero) is 1. The summed E-state index contributed by atoms with van der Waals surface area (Å²) in [7, 11) is 0. The quantitative estimate of drug-likeness (QED) is 0.617. The lowest BCUT2D eigenvalue weighted by Crippen LogP contribution is -2.13. The third-order valence-electron chi connectivity index (χ3n) is 2.27. The van der Waals surface area contributed by atoms with Crippen LogP contribution in [0.5, 0.6) is 0 Å². The van der Waals surface area contributed by atoms with E-state index in [0.717, 1.165) is 8.79 Å². The van der Waals surface area contributed by atoms with Gasteiger partial charge in [-0.1, -0.05) is 0 Å². The number of thiazole rings is 1. The highest BCUT2D eigenvalue weighted by Crippen LogP contribution is 2.23. The molecule has 0 spiro atoms. The zero-order chi connectivity index (χ0) is 14.0. The number of esters is 1. The summed E-state index contributed by atoms with van der Waals surface area (Å²) in [5.41, 5.74) is 0.638. The number of ketones is 1. The molecular weight excluding hydrogens is 350 g/mol. The lowest BCUT2D eigenvalue weighted by atomic mass is 10.3. The van der Waals surface area contributed by atoms with Crippen molar-refractivity contribution in [3.63, 3.8) is 0 Å². The monoisotopic (exact) mass is 359 g/mol. The Balaban J connectivity index is 1.97. The van der Waals surface area contributed by atoms with E-state index in [4.69, 9.17) is 4.74 Å². The predicted octanol–water partition coefficient (Wildman–Crippen LogP) is 3.62. The molecule has 0 saturated carbocycles. The molecule has 0 fully saturated rings. The number of nitrogens with zero attached hydrogens (tertiary/aromatic N) is 1. The summed E-state index contributed by atoms with van der Waals surface area (Å²) in [4.78, 5) is 28.8. The summed E-state index contributed by atoms with van der Waals surface area (Å²) in [5, 5.41) is 0.804. The molecule has 0 unspecified atom stereocenters. The summed E-state index contributed by atoms with van der Waals surface area (Å²) in [5.74, 6) is -0.699. The van der Waals surface area contributed by atoms with Gasteiger partial charge in [0.25, 0.3) is 0 Å². The van der Waals surface area contributed by atoms with Crippen LogP contribution < -0.4 is 0 Å². The van der Waals surface area contributed by atoms with Crippen molar-refractivity contribution in [1.29, 1.82) is 0 Å². The highest BCUT2D eigenvalue weighted by Gasteiger charge is 2.17. The van der Waals surface area contributed by atoms with Gasteiger partial charge in [-0.05, 0) is 41.9 Å². The molecule has 2 rings (SSSR count). The fraction of sp³-hybridized carbons (Fsp3) is 0.250. The van der Waals surface area contributed by atoms with Crippen LogP contribution in [-0.2, 0) is 4.74 Å². The van der Waals surface area contributed by atoms with Gasteiger partial charge in [-0.25, -0.2) is 9.78 Å².